The Hall–Kier alpha value is -1.77. The number of hydrogen-bond donors (Lipinski definition) is 2. The quantitative estimate of drug-likeness (QED) is 0.780. The summed E-state index contributed by atoms with van der Waals surface area (Å²) in [5.74, 6) is 1.10. The molecule has 0 amide bonds. The summed E-state index contributed by atoms with van der Waals surface area (Å²) in [5.41, 5.74) is 0.00834. The lowest BCUT2D eigenvalue weighted by molar-refractivity contribution is 0.226. The number of likely N-dealkylation sites (N-methyl/N-ethyl adjacent to an activating group) is 1. The van der Waals surface area contributed by atoms with Crippen molar-refractivity contribution in [3.63, 3.8) is 0 Å². The third-order valence-electron chi connectivity index (χ3n) is 2.74. The maximum absolute atomic E-state index is 9.15. The van der Waals surface area contributed by atoms with E-state index < -0.39 is 5.54 Å². The number of rotatable bonds is 7. The van der Waals surface area contributed by atoms with Gasteiger partial charge in [-0.2, -0.15) is 5.26 Å². The van der Waals surface area contributed by atoms with Gasteiger partial charge in [-0.15, -0.1) is 0 Å². The third kappa shape index (κ3) is 4.12. The molecule has 0 aliphatic rings. The highest BCUT2D eigenvalue weighted by molar-refractivity contribution is 5.42. The highest BCUT2D eigenvalue weighted by atomic mass is 16.5. The third-order valence-corrected chi connectivity index (χ3v) is 2.74. The van der Waals surface area contributed by atoms with Crippen LogP contribution in [0.4, 0.5) is 0 Å². The van der Waals surface area contributed by atoms with Crippen LogP contribution in [0.3, 0.4) is 0 Å². The first kappa shape index (κ1) is 15.3. The van der Waals surface area contributed by atoms with E-state index in [1.165, 1.54) is 7.11 Å². The van der Waals surface area contributed by atoms with Gasteiger partial charge in [-0.05, 0) is 31.2 Å². The molecule has 2 N–H and O–H groups in total. The first-order chi connectivity index (χ1) is 9.08. The zero-order valence-corrected chi connectivity index (χ0v) is 11.6. The SMILES string of the molecule is CCNC(C)(C#N)COc1ccc(CO)cc1OC. The van der Waals surface area contributed by atoms with Crippen molar-refractivity contribution in [2.24, 2.45) is 0 Å². The summed E-state index contributed by atoms with van der Waals surface area (Å²) < 4.78 is 10.9. The number of benzene rings is 1. The maximum Gasteiger partial charge on any atom is 0.161 e. The summed E-state index contributed by atoms with van der Waals surface area (Å²) in [7, 11) is 1.54. The Labute approximate surface area is 113 Å². The van der Waals surface area contributed by atoms with Gasteiger partial charge in [0.05, 0.1) is 19.8 Å². The molecule has 0 aliphatic heterocycles. The summed E-state index contributed by atoms with van der Waals surface area (Å²) >= 11 is 0. The number of hydrogen-bond acceptors (Lipinski definition) is 5. The van der Waals surface area contributed by atoms with E-state index >= 15 is 0 Å². The molecule has 0 saturated carbocycles. The predicted octanol–water partition coefficient (Wildman–Crippen LogP) is 1.46. The number of aliphatic hydroxyl groups excluding tert-OH is 1. The standard InChI is InChI=1S/C14H20N2O3/c1-4-16-14(2,9-15)10-19-12-6-5-11(8-17)7-13(12)18-3/h5-7,16-17H,4,8,10H2,1-3H3. The van der Waals surface area contributed by atoms with Crippen molar-refractivity contribution in [1.29, 1.82) is 5.26 Å². The van der Waals surface area contributed by atoms with E-state index in [2.05, 4.69) is 11.4 Å². The fourth-order valence-electron chi connectivity index (χ4n) is 1.66. The van der Waals surface area contributed by atoms with Crippen molar-refractivity contribution in [1.82, 2.24) is 5.32 Å². The monoisotopic (exact) mass is 264 g/mol. The predicted molar refractivity (Wildman–Crippen MR) is 72.1 cm³/mol. The minimum absolute atomic E-state index is 0.0516. The molecule has 0 bridgehead atoms. The summed E-state index contributed by atoms with van der Waals surface area (Å²) in [6.45, 7) is 4.57. The second kappa shape index (κ2) is 6.98. The molecule has 19 heavy (non-hydrogen) atoms. The van der Waals surface area contributed by atoms with E-state index in [9.17, 15) is 0 Å². The molecule has 104 valence electrons. The van der Waals surface area contributed by atoms with Gasteiger partial charge >= 0.3 is 0 Å². The van der Waals surface area contributed by atoms with Crippen molar-refractivity contribution in [2.75, 3.05) is 20.3 Å². The van der Waals surface area contributed by atoms with Gasteiger partial charge in [-0.1, -0.05) is 13.0 Å². The van der Waals surface area contributed by atoms with Crippen LogP contribution in [0.15, 0.2) is 18.2 Å². The first-order valence-electron chi connectivity index (χ1n) is 6.15. The Morgan fingerprint density at radius 2 is 2.16 bits per heavy atom. The number of ether oxygens (including phenoxy) is 2. The lowest BCUT2D eigenvalue weighted by atomic mass is 10.1. The smallest absolute Gasteiger partial charge is 0.161 e. The fraction of sp³-hybridized carbons (Fsp3) is 0.500. The van der Waals surface area contributed by atoms with E-state index in [-0.39, 0.29) is 13.2 Å². The van der Waals surface area contributed by atoms with Gasteiger partial charge in [-0.25, -0.2) is 0 Å². The maximum atomic E-state index is 9.15. The summed E-state index contributed by atoms with van der Waals surface area (Å²) in [4.78, 5) is 0. The van der Waals surface area contributed by atoms with Gasteiger partial charge in [0.15, 0.2) is 11.5 Å². The molecule has 0 heterocycles. The van der Waals surface area contributed by atoms with Crippen LogP contribution in [0, 0.1) is 11.3 Å². The van der Waals surface area contributed by atoms with Crippen LogP contribution < -0.4 is 14.8 Å². The van der Waals surface area contributed by atoms with Gasteiger partial charge in [0, 0.05) is 0 Å². The Kier molecular flexibility index (Phi) is 5.61. The zero-order valence-electron chi connectivity index (χ0n) is 11.6. The molecule has 1 aromatic carbocycles. The Morgan fingerprint density at radius 3 is 2.68 bits per heavy atom. The second-order valence-corrected chi connectivity index (χ2v) is 4.41. The number of nitriles is 1. The van der Waals surface area contributed by atoms with Crippen molar-refractivity contribution < 1.29 is 14.6 Å². The van der Waals surface area contributed by atoms with Gasteiger partial charge < -0.3 is 14.6 Å². The number of methoxy groups -OCH3 is 1. The molecule has 0 fully saturated rings. The molecule has 1 unspecified atom stereocenters. The van der Waals surface area contributed by atoms with Crippen molar-refractivity contribution in [3.05, 3.63) is 23.8 Å². The van der Waals surface area contributed by atoms with Gasteiger partial charge in [0.1, 0.15) is 12.1 Å². The van der Waals surface area contributed by atoms with E-state index in [1.807, 2.05) is 6.92 Å². The average Bonchev–Trinajstić information content (AvgIpc) is 2.45. The minimum Gasteiger partial charge on any atom is -0.493 e. The molecule has 1 atom stereocenters. The highest BCUT2D eigenvalue weighted by Crippen LogP contribution is 2.28. The zero-order chi connectivity index (χ0) is 14.3. The summed E-state index contributed by atoms with van der Waals surface area (Å²) in [6.07, 6.45) is 0. The van der Waals surface area contributed by atoms with Crippen LogP contribution in [0.1, 0.15) is 19.4 Å². The van der Waals surface area contributed by atoms with Crippen molar-refractivity contribution >= 4 is 0 Å². The second-order valence-electron chi connectivity index (χ2n) is 4.41. The van der Waals surface area contributed by atoms with Crippen LogP contribution in [-0.4, -0.2) is 30.9 Å². The van der Waals surface area contributed by atoms with E-state index in [1.54, 1.807) is 25.1 Å². The molecule has 5 heteroatoms. The van der Waals surface area contributed by atoms with Gasteiger partial charge in [0.25, 0.3) is 0 Å². The molecular weight excluding hydrogens is 244 g/mol. The molecule has 0 aromatic heterocycles. The Morgan fingerprint density at radius 1 is 1.42 bits per heavy atom. The average molecular weight is 264 g/mol. The molecule has 1 rings (SSSR count). The number of nitrogens with zero attached hydrogens (tertiary/aromatic N) is 1. The van der Waals surface area contributed by atoms with E-state index in [0.717, 1.165) is 5.56 Å². The van der Waals surface area contributed by atoms with Crippen LogP contribution in [-0.2, 0) is 6.61 Å². The van der Waals surface area contributed by atoms with Crippen LogP contribution in [0.5, 0.6) is 11.5 Å². The number of aliphatic hydroxyl groups is 1. The molecule has 0 radical (unpaired) electrons. The lowest BCUT2D eigenvalue weighted by Gasteiger charge is -2.23. The molecule has 5 nitrogen and oxygen atoms in total. The molecule has 0 spiro atoms. The molecular formula is C14H20N2O3. The summed E-state index contributed by atoms with van der Waals surface area (Å²) in [5, 5.41) is 21.3. The Balaban J connectivity index is 2.80. The van der Waals surface area contributed by atoms with E-state index in [4.69, 9.17) is 19.8 Å². The van der Waals surface area contributed by atoms with E-state index in [0.29, 0.717) is 18.0 Å². The molecule has 0 saturated heterocycles. The van der Waals surface area contributed by atoms with Crippen molar-refractivity contribution in [3.8, 4) is 17.6 Å². The van der Waals surface area contributed by atoms with Crippen LogP contribution >= 0.6 is 0 Å². The van der Waals surface area contributed by atoms with Gasteiger partial charge in [-0.3, -0.25) is 5.32 Å². The fourth-order valence-corrected chi connectivity index (χ4v) is 1.66. The summed E-state index contributed by atoms with van der Waals surface area (Å²) in [6, 6.07) is 7.40. The number of nitrogens with one attached hydrogen (secondary N) is 1. The molecule has 1 aromatic rings. The van der Waals surface area contributed by atoms with Gasteiger partial charge in [0.2, 0.25) is 0 Å². The lowest BCUT2D eigenvalue weighted by Crippen LogP contribution is -2.46. The van der Waals surface area contributed by atoms with Crippen molar-refractivity contribution in [2.45, 2.75) is 26.0 Å². The van der Waals surface area contributed by atoms with Crippen LogP contribution in [0.25, 0.3) is 0 Å². The minimum atomic E-state index is -0.741. The van der Waals surface area contributed by atoms with Crippen LogP contribution in [0.2, 0.25) is 0 Å². The topological polar surface area (TPSA) is 74.5 Å². The first-order valence-corrected chi connectivity index (χ1v) is 6.15. The Bertz CT molecular complexity index is 456. The molecule has 0 aliphatic carbocycles. The highest BCUT2D eigenvalue weighted by Gasteiger charge is 2.24. The normalized spacial score (nSPS) is 13.4. The largest absolute Gasteiger partial charge is 0.493 e.